The molecule has 0 radical (unpaired) electrons. The molecule has 1 nitrogen and oxygen atoms in total. The molecule has 1 aliphatic heterocycles. The van der Waals surface area contributed by atoms with E-state index in [2.05, 4.69) is 24.8 Å². The molecule has 1 atom stereocenters. The molecule has 0 bridgehead atoms. The summed E-state index contributed by atoms with van der Waals surface area (Å²) in [6.45, 7) is 6.95. The SMILES string of the molecule is CC1CCN(C(C)c2ccc(Cl)c(Cl)c2)CC1. The molecule has 1 aromatic rings. The summed E-state index contributed by atoms with van der Waals surface area (Å²) in [4.78, 5) is 2.53. The van der Waals surface area contributed by atoms with E-state index in [-0.39, 0.29) is 0 Å². The van der Waals surface area contributed by atoms with Crippen molar-refractivity contribution in [2.75, 3.05) is 13.1 Å². The fourth-order valence-corrected chi connectivity index (χ4v) is 2.71. The van der Waals surface area contributed by atoms with Gasteiger partial charge < -0.3 is 0 Å². The molecule has 1 unspecified atom stereocenters. The van der Waals surface area contributed by atoms with Gasteiger partial charge in [0.2, 0.25) is 0 Å². The van der Waals surface area contributed by atoms with Crippen LogP contribution in [0.5, 0.6) is 0 Å². The Morgan fingerprint density at radius 3 is 2.41 bits per heavy atom. The first-order valence-electron chi connectivity index (χ1n) is 6.27. The molecule has 0 saturated carbocycles. The quantitative estimate of drug-likeness (QED) is 0.748. The maximum atomic E-state index is 6.07. The van der Waals surface area contributed by atoms with Gasteiger partial charge in [-0.3, -0.25) is 4.90 Å². The summed E-state index contributed by atoms with van der Waals surface area (Å²) in [5.74, 6) is 0.868. The van der Waals surface area contributed by atoms with Gasteiger partial charge in [0.05, 0.1) is 10.0 Å². The van der Waals surface area contributed by atoms with Crippen LogP contribution in [-0.4, -0.2) is 18.0 Å². The predicted octanol–water partition coefficient (Wildman–Crippen LogP) is 4.79. The molecule has 0 aliphatic carbocycles. The van der Waals surface area contributed by atoms with Crippen LogP contribution in [0.4, 0.5) is 0 Å². The summed E-state index contributed by atoms with van der Waals surface area (Å²) in [6, 6.07) is 6.39. The third kappa shape index (κ3) is 3.15. The molecular weight excluding hydrogens is 253 g/mol. The summed E-state index contributed by atoms with van der Waals surface area (Å²) in [6.07, 6.45) is 2.59. The second-order valence-electron chi connectivity index (χ2n) is 5.07. The molecular formula is C14H19Cl2N. The standard InChI is InChI=1S/C14H19Cl2N/c1-10-5-7-17(8-6-10)11(2)12-3-4-13(15)14(16)9-12/h3-4,9-11H,5-8H2,1-2H3. The van der Waals surface area contributed by atoms with E-state index in [0.29, 0.717) is 16.1 Å². The minimum atomic E-state index is 0.428. The Balaban J connectivity index is 2.08. The maximum absolute atomic E-state index is 6.07. The normalized spacial score (nSPS) is 20.5. The molecule has 94 valence electrons. The first-order chi connectivity index (χ1) is 8.08. The summed E-state index contributed by atoms with van der Waals surface area (Å²) in [5, 5.41) is 1.29. The first kappa shape index (κ1) is 13.2. The Hall–Kier alpha value is -0.240. The van der Waals surface area contributed by atoms with Crippen molar-refractivity contribution >= 4 is 23.2 Å². The van der Waals surface area contributed by atoms with E-state index in [1.54, 1.807) is 0 Å². The lowest BCUT2D eigenvalue weighted by molar-refractivity contribution is 0.147. The molecule has 1 aliphatic rings. The van der Waals surface area contributed by atoms with Crippen LogP contribution in [0.3, 0.4) is 0 Å². The molecule has 2 rings (SSSR count). The van der Waals surface area contributed by atoms with Crippen LogP contribution in [0.25, 0.3) is 0 Å². The Morgan fingerprint density at radius 1 is 1.18 bits per heavy atom. The molecule has 1 aromatic carbocycles. The van der Waals surface area contributed by atoms with Crippen molar-refractivity contribution in [3.63, 3.8) is 0 Å². The average molecular weight is 272 g/mol. The van der Waals surface area contributed by atoms with E-state index < -0.39 is 0 Å². The zero-order valence-electron chi connectivity index (χ0n) is 10.4. The second kappa shape index (κ2) is 5.60. The summed E-state index contributed by atoms with van der Waals surface area (Å²) in [5.41, 5.74) is 1.26. The number of benzene rings is 1. The Labute approximate surface area is 114 Å². The second-order valence-corrected chi connectivity index (χ2v) is 5.88. The highest BCUT2D eigenvalue weighted by Crippen LogP contribution is 2.30. The Morgan fingerprint density at radius 2 is 1.82 bits per heavy atom. The van der Waals surface area contributed by atoms with E-state index in [0.717, 1.165) is 5.92 Å². The van der Waals surface area contributed by atoms with Gasteiger partial charge in [-0.05, 0) is 56.5 Å². The smallest absolute Gasteiger partial charge is 0.0595 e. The van der Waals surface area contributed by atoms with E-state index >= 15 is 0 Å². The molecule has 0 spiro atoms. The van der Waals surface area contributed by atoms with Gasteiger partial charge in [-0.2, -0.15) is 0 Å². The van der Waals surface area contributed by atoms with Crippen molar-refractivity contribution in [1.29, 1.82) is 0 Å². The van der Waals surface area contributed by atoms with Crippen molar-refractivity contribution in [2.24, 2.45) is 5.92 Å². The number of hydrogen-bond acceptors (Lipinski definition) is 1. The third-order valence-corrected chi connectivity index (χ3v) is 4.53. The number of nitrogens with zero attached hydrogens (tertiary/aromatic N) is 1. The molecule has 1 fully saturated rings. The Kier molecular flexibility index (Phi) is 4.35. The van der Waals surface area contributed by atoms with Crippen LogP contribution in [0, 0.1) is 5.92 Å². The molecule has 0 aromatic heterocycles. The lowest BCUT2D eigenvalue weighted by atomic mass is 9.96. The highest BCUT2D eigenvalue weighted by molar-refractivity contribution is 6.42. The van der Waals surface area contributed by atoms with Crippen LogP contribution in [0.15, 0.2) is 18.2 Å². The molecule has 0 amide bonds. The van der Waals surface area contributed by atoms with E-state index in [1.165, 1.54) is 31.5 Å². The van der Waals surface area contributed by atoms with Gasteiger partial charge in [-0.1, -0.05) is 36.2 Å². The van der Waals surface area contributed by atoms with Gasteiger partial charge in [-0.15, -0.1) is 0 Å². The van der Waals surface area contributed by atoms with Crippen LogP contribution in [0.1, 0.15) is 38.3 Å². The zero-order valence-corrected chi connectivity index (χ0v) is 11.9. The van der Waals surface area contributed by atoms with Gasteiger partial charge >= 0.3 is 0 Å². The summed E-state index contributed by atoms with van der Waals surface area (Å²) in [7, 11) is 0. The van der Waals surface area contributed by atoms with Gasteiger partial charge in [0.25, 0.3) is 0 Å². The van der Waals surface area contributed by atoms with Crippen LogP contribution in [-0.2, 0) is 0 Å². The predicted molar refractivity (Wildman–Crippen MR) is 74.8 cm³/mol. The monoisotopic (exact) mass is 271 g/mol. The van der Waals surface area contributed by atoms with E-state index in [1.807, 2.05) is 12.1 Å². The van der Waals surface area contributed by atoms with Crippen molar-refractivity contribution in [3.8, 4) is 0 Å². The summed E-state index contributed by atoms with van der Waals surface area (Å²) >= 11 is 12.0. The molecule has 0 N–H and O–H groups in total. The van der Waals surface area contributed by atoms with Gasteiger partial charge in [-0.25, -0.2) is 0 Å². The number of rotatable bonds is 2. The van der Waals surface area contributed by atoms with Crippen molar-refractivity contribution in [1.82, 2.24) is 4.90 Å². The fraction of sp³-hybridized carbons (Fsp3) is 0.571. The number of hydrogen-bond donors (Lipinski definition) is 0. The van der Waals surface area contributed by atoms with Gasteiger partial charge in [0, 0.05) is 6.04 Å². The van der Waals surface area contributed by atoms with Crippen molar-refractivity contribution < 1.29 is 0 Å². The van der Waals surface area contributed by atoms with Crippen molar-refractivity contribution in [3.05, 3.63) is 33.8 Å². The topological polar surface area (TPSA) is 3.24 Å². The summed E-state index contributed by atoms with van der Waals surface area (Å²) < 4.78 is 0. The zero-order chi connectivity index (χ0) is 12.4. The van der Waals surface area contributed by atoms with E-state index in [9.17, 15) is 0 Å². The third-order valence-electron chi connectivity index (χ3n) is 3.79. The minimum absolute atomic E-state index is 0.428. The lowest BCUT2D eigenvalue weighted by Crippen LogP contribution is -2.34. The van der Waals surface area contributed by atoms with Gasteiger partial charge in [0.15, 0.2) is 0 Å². The number of halogens is 2. The lowest BCUT2D eigenvalue weighted by Gasteiger charge is -2.35. The largest absolute Gasteiger partial charge is 0.297 e. The highest BCUT2D eigenvalue weighted by Gasteiger charge is 2.21. The number of piperidine rings is 1. The van der Waals surface area contributed by atoms with Crippen LogP contribution < -0.4 is 0 Å². The van der Waals surface area contributed by atoms with E-state index in [4.69, 9.17) is 23.2 Å². The molecule has 1 heterocycles. The highest BCUT2D eigenvalue weighted by atomic mass is 35.5. The Bertz CT molecular complexity index is 384. The van der Waals surface area contributed by atoms with Crippen LogP contribution >= 0.6 is 23.2 Å². The molecule has 17 heavy (non-hydrogen) atoms. The van der Waals surface area contributed by atoms with Crippen LogP contribution in [0.2, 0.25) is 10.0 Å². The van der Waals surface area contributed by atoms with Crippen molar-refractivity contribution in [2.45, 2.75) is 32.7 Å². The maximum Gasteiger partial charge on any atom is 0.0595 e. The van der Waals surface area contributed by atoms with Gasteiger partial charge in [0.1, 0.15) is 0 Å². The molecule has 3 heteroatoms. The number of likely N-dealkylation sites (tertiary alicyclic amines) is 1. The molecule has 1 saturated heterocycles. The fourth-order valence-electron chi connectivity index (χ4n) is 2.40. The average Bonchev–Trinajstić information content (AvgIpc) is 2.33. The minimum Gasteiger partial charge on any atom is -0.297 e. The first-order valence-corrected chi connectivity index (χ1v) is 7.02.